The van der Waals surface area contributed by atoms with Crippen molar-refractivity contribution in [1.82, 2.24) is 0 Å². The number of nitrogens with zero attached hydrogens (tertiary/aromatic N) is 2. The van der Waals surface area contributed by atoms with Gasteiger partial charge in [-0.2, -0.15) is 0 Å². The monoisotopic (exact) mass is 786 g/mol. The van der Waals surface area contributed by atoms with Gasteiger partial charge in [0.2, 0.25) is 0 Å². The molecule has 0 heterocycles. The number of para-hydroxylation sites is 1. The third-order valence-corrected chi connectivity index (χ3v) is 10.5. The molecule has 0 bridgehead atoms. The van der Waals surface area contributed by atoms with Crippen LogP contribution in [0, 0.1) is 6.92 Å². The first-order chi connectivity index (χ1) is 29.1. The average Bonchev–Trinajstić information content (AvgIpc) is 3.28. The highest BCUT2D eigenvalue weighted by atomic mass is 16.5. The van der Waals surface area contributed by atoms with E-state index in [0.717, 1.165) is 62.1 Å². The Morgan fingerprint density at radius 1 is 0.450 bits per heavy atom. The molecule has 8 aromatic rings. The zero-order valence-electron chi connectivity index (χ0n) is 34.1. The fraction of sp³-hybridized carbons (Fsp3) is 0.0926. The molecule has 0 saturated carbocycles. The molecule has 0 aliphatic carbocycles. The minimum absolute atomic E-state index is 0.0239. The molecule has 0 amide bonds. The van der Waals surface area contributed by atoms with Gasteiger partial charge in [-0.25, -0.2) is 0 Å². The summed E-state index contributed by atoms with van der Waals surface area (Å²) in [6.07, 6.45) is 0. The number of ether oxygens (including phenoxy) is 2. The predicted molar refractivity (Wildman–Crippen MR) is 244 cm³/mol. The Hall–Kier alpha value is -7.41. The molecule has 296 valence electrons. The summed E-state index contributed by atoms with van der Waals surface area (Å²) in [5.41, 5.74) is 10.5. The molecule has 0 atom stereocenters. The molecule has 6 heteroatoms. The maximum atomic E-state index is 13.0. The van der Waals surface area contributed by atoms with E-state index in [1.54, 1.807) is 33.1 Å². The molecule has 8 rings (SSSR count). The Morgan fingerprint density at radius 3 is 1.23 bits per heavy atom. The number of ketones is 1. The van der Waals surface area contributed by atoms with Gasteiger partial charge in [0.05, 0.1) is 12.7 Å². The van der Waals surface area contributed by atoms with Crippen LogP contribution in [0.15, 0.2) is 200 Å². The summed E-state index contributed by atoms with van der Waals surface area (Å²) in [6.45, 7) is 5.59. The number of anilines is 6. The lowest BCUT2D eigenvalue weighted by Gasteiger charge is -2.28. The number of methoxy groups -OCH3 is 1. The molecule has 0 radical (unpaired) electrons. The number of hydrogen-bond acceptors (Lipinski definition) is 6. The second-order valence-corrected chi connectivity index (χ2v) is 15.2. The highest BCUT2D eigenvalue weighted by molar-refractivity contribution is 6.09. The van der Waals surface area contributed by atoms with Gasteiger partial charge in [-0.1, -0.05) is 84.4 Å². The Labute approximate surface area is 352 Å². The summed E-state index contributed by atoms with van der Waals surface area (Å²) in [5, 5.41) is 10.5. The van der Waals surface area contributed by atoms with Crippen molar-refractivity contribution < 1.29 is 19.4 Å². The van der Waals surface area contributed by atoms with Gasteiger partial charge in [0.15, 0.2) is 5.78 Å². The summed E-state index contributed by atoms with van der Waals surface area (Å²) < 4.78 is 11.7. The van der Waals surface area contributed by atoms with Crippen LogP contribution in [0.25, 0.3) is 11.1 Å². The number of hydrogen-bond donors (Lipinski definition) is 1. The van der Waals surface area contributed by atoms with Gasteiger partial charge in [0.1, 0.15) is 17.2 Å². The van der Waals surface area contributed by atoms with E-state index in [1.165, 1.54) is 0 Å². The summed E-state index contributed by atoms with van der Waals surface area (Å²) in [7, 11) is 1.68. The smallest absolute Gasteiger partial charge is 0.193 e. The van der Waals surface area contributed by atoms with E-state index in [2.05, 4.69) is 94.7 Å². The third kappa shape index (κ3) is 8.85. The lowest BCUT2D eigenvalue weighted by molar-refractivity contribution is 0.0786. The Morgan fingerprint density at radius 2 is 0.800 bits per heavy atom. The van der Waals surface area contributed by atoms with Crippen LogP contribution in [0.4, 0.5) is 34.1 Å². The second kappa shape index (κ2) is 17.2. The molecule has 8 aromatic carbocycles. The van der Waals surface area contributed by atoms with Crippen molar-refractivity contribution in [2.75, 3.05) is 16.9 Å². The van der Waals surface area contributed by atoms with E-state index in [9.17, 15) is 9.90 Å². The summed E-state index contributed by atoms with van der Waals surface area (Å²) in [6, 6.07) is 66.4. The topological polar surface area (TPSA) is 62.2 Å². The van der Waals surface area contributed by atoms with E-state index < -0.39 is 5.60 Å². The number of benzene rings is 8. The molecule has 0 fully saturated rings. The number of rotatable bonds is 13. The lowest BCUT2D eigenvalue weighted by Crippen LogP contribution is -2.14. The molecular formula is C54H46N2O4. The number of carbonyl (C=O) groups excluding carboxylic acids is 1. The van der Waals surface area contributed by atoms with Crippen LogP contribution in [0.1, 0.15) is 40.9 Å². The van der Waals surface area contributed by atoms with Gasteiger partial charge in [0, 0.05) is 45.3 Å². The van der Waals surface area contributed by atoms with Crippen LogP contribution in [0.3, 0.4) is 0 Å². The molecule has 0 unspecified atom stereocenters. The second-order valence-electron chi connectivity index (χ2n) is 15.2. The summed E-state index contributed by atoms with van der Waals surface area (Å²) in [5.74, 6) is 2.09. The van der Waals surface area contributed by atoms with E-state index in [-0.39, 0.29) is 5.78 Å². The molecule has 0 aliphatic rings. The van der Waals surface area contributed by atoms with Crippen LogP contribution in [-0.4, -0.2) is 18.0 Å². The van der Waals surface area contributed by atoms with Gasteiger partial charge >= 0.3 is 0 Å². The van der Waals surface area contributed by atoms with Crippen LogP contribution in [-0.2, 0) is 5.60 Å². The fourth-order valence-electron chi connectivity index (χ4n) is 7.17. The molecular weight excluding hydrogens is 741 g/mol. The predicted octanol–water partition coefficient (Wildman–Crippen LogP) is 13.9. The van der Waals surface area contributed by atoms with Crippen molar-refractivity contribution >= 4 is 39.9 Å². The minimum Gasteiger partial charge on any atom is -0.497 e. The van der Waals surface area contributed by atoms with Crippen molar-refractivity contribution in [3.63, 3.8) is 0 Å². The largest absolute Gasteiger partial charge is 0.497 e. The first kappa shape index (κ1) is 39.4. The number of aryl methyl sites for hydroxylation is 1. The first-order valence-electron chi connectivity index (χ1n) is 20.0. The Bertz CT molecular complexity index is 2650. The van der Waals surface area contributed by atoms with Crippen LogP contribution >= 0.6 is 0 Å². The zero-order valence-corrected chi connectivity index (χ0v) is 34.1. The lowest BCUT2D eigenvalue weighted by atomic mass is 9.95. The van der Waals surface area contributed by atoms with E-state index >= 15 is 0 Å². The van der Waals surface area contributed by atoms with E-state index in [4.69, 9.17) is 9.47 Å². The highest BCUT2D eigenvalue weighted by Gasteiger charge is 2.18. The van der Waals surface area contributed by atoms with Crippen LogP contribution in [0.5, 0.6) is 17.2 Å². The standard InChI is InChI=1S/C54H46N2O4/c1-38-10-12-41(13-11-38)53(57)42-18-32-51(33-19-42)60-52-36-30-49(31-37-52)56(45-22-16-40(17-23-45)39-14-20-43(21-15-39)54(2,3)58)47-26-24-46(25-27-47)55(44-8-6-5-7-9-44)48-28-34-50(59-4)35-29-48/h5-37,58H,1-4H3. The van der Waals surface area contributed by atoms with Gasteiger partial charge in [-0.05, 0) is 159 Å². The van der Waals surface area contributed by atoms with E-state index in [1.807, 2.05) is 110 Å². The molecule has 0 spiro atoms. The highest BCUT2D eigenvalue weighted by Crippen LogP contribution is 2.40. The Kier molecular flexibility index (Phi) is 11.3. The molecule has 0 saturated heterocycles. The molecule has 1 N–H and O–H groups in total. The minimum atomic E-state index is -0.904. The van der Waals surface area contributed by atoms with E-state index in [0.29, 0.717) is 22.6 Å². The molecule has 6 nitrogen and oxygen atoms in total. The average molecular weight is 787 g/mol. The molecule has 0 aromatic heterocycles. The SMILES string of the molecule is COc1ccc(N(c2ccccc2)c2ccc(N(c3ccc(Oc4ccc(C(=O)c5ccc(C)cc5)cc4)cc3)c3ccc(-c4ccc(C(C)(C)O)cc4)cc3)cc2)cc1. The number of aliphatic hydroxyl groups is 1. The van der Waals surface area contributed by atoms with Gasteiger partial charge in [0.25, 0.3) is 0 Å². The quantitative estimate of drug-likeness (QED) is 0.117. The first-order valence-corrected chi connectivity index (χ1v) is 20.0. The van der Waals surface area contributed by atoms with Gasteiger partial charge in [-0.3, -0.25) is 4.79 Å². The maximum absolute atomic E-state index is 13.0. The fourth-order valence-corrected chi connectivity index (χ4v) is 7.17. The summed E-state index contributed by atoms with van der Waals surface area (Å²) >= 11 is 0. The Balaban J connectivity index is 1.09. The van der Waals surface area contributed by atoms with Crippen molar-refractivity contribution in [3.05, 3.63) is 222 Å². The van der Waals surface area contributed by atoms with Crippen molar-refractivity contribution in [2.24, 2.45) is 0 Å². The van der Waals surface area contributed by atoms with Crippen LogP contribution < -0.4 is 19.3 Å². The van der Waals surface area contributed by atoms with Crippen LogP contribution in [0.2, 0.25) is 0 Å². The molecule has 60 heavy (non-hydrogen) atoms. The number of carbonyl (C=O) groups is 1. The third-order valence-electron chi connectivity index (χ3n) is 10.5. The summed E-state index contributed by atoms with van der Waals surface area (Å²) in [4.78, 5) is 17.5. The normalized spacial score (nSPS) is 11.2. The van der Waals surface area contributed by atoms with Gasteiger partial charge in [-0.15, -0.1) is 0 Å². The zero-order chi connectivity index (χ0) is 41.6. The molecule has 0 aliphatic heterocycles. The maximum Gasteiger partial charge on any atom is 0.193 e. The van der Waals surface area contributed by atoms with Crippen molar-refractivity contribution in [3.8, 4) is 28.4 Å². The van der Waals surface area contributed by atoms with Gasteiger partial charge < -0.3 is 24.4 Å². The van der Waals surface area contributed by atoms with Crippen molar-refractivity contribution in [2.45, 2.75) is 26.4 Å². The van der Waals surface area contributed by atoms with Crippen molar-refractivity contribution in [1.29, 1.82) is 0 Å².